The van der Waals surface area contributed by atoms with Gasteiger partial charge in [0.1, 0.15) is 0 Å². The van der Waals surface area contributed by atoms with E-state index in [1.807, 2.05) is 14.0 Å². The number of aliphatic imine (C=N–C) groups is 1. The van der Waals surface area contributed by atoms with Crippen molar-refractivity contribution in [2.45, 2.75) is 33.2 Å². The van der Waals surface area contributed by atoms with Gasteiger partial charge < -0.3 is 15.5 Å². The molecule has 2 rings (SSSR count). The van der Waals surface area contributed by atoms with Crippen molar-refractivity contribution in [3.05, 3.63) is 17.5 Å². The fourth-order valence-corrected chi connectivity index (χ4v) is 2.99. The van der Waals surface area contributed by atoms with Crippen LogP contribution >= 0.6 is 0 Å². The zero-order chi connectivity index (χ0) is 15.9. The zero-order valence-electron chi connectivity index (χ0n) is 14.4. The van der Waals surface area contributed by atoms with E-state index in [4.69, 9.17) is 0 Å². The fourth-order valence-electron chi connectivity index (χ4n) is 2.99. The summed E-state index contributed by atoms with van der Waals surface area (Å²) in [5, 5.41) is 11.3. The average molecular weight is 306 g/mol. The monoisotopic (exact) mass is 306 g/mol. The van der Waals surface area contributed by atoms with Gasteiger partial charge in [0, 0.05) is 38.9 Å². The van der Waals surface area contributed by atoms with Crippen molar-refractivity contribution in [1.29, 1.82) is 0 Å². The third kappa shape index (κ3) is 5.02. The minimum absolute atomic E-state index is 0.734. The van der Waals surface area contributed by atoms with Gasteiger partial charge in [-0.3, -0.25) is 9.67 Å². The van der Waals surface area contributed by atoms with E-state index in [9.17, 15) is 0 Å². The summed E-state index contributed by atoms with van der Waals surface area (Å²) >= 11 is 0. The van der Waals surface area contributed by atoms with Gasteiger partial charge in [-0.25, -0.2) is 0 Å². The lowest BCUT2D eigenvalue weighted by atomic mass is 10.1. The van der Waals surface area contributed by atoms with Gasteiger partial charge in [-0.15, -0.1) is 0 Å². The smallest absolute Gasteiger partial charge is 0.190 e. The van der Waals surface area contributed by atoms with Crippen LogP contribution in [-0.4, -0.2) is 60.9 Å². The molecule has 1 fully saturated rings. The van der Waals surface area contributed by atoms with Crippen LogP contribution in [0.4, 0.5) is 0 Å². The Morgan fingerprint density at radius 1 is 1.41 bits per heavy atom. The molecule has 124 valence electrons. The van der Waals surface area contributed by atoms with Crippen molar-refractivity contribution in [3.63, 3.8) is 0 Å². The molecule has 1 unspecified atom stereocenters. The average Bonchev–Trinajstić information content (AvgIpc) is 3.03. The summed E-state index contributed by atoms with van der Waals surface area (Å²) in [4.78, 5) is 6.68. The second-order valence-electron chi connectivity index (χ2n) is 6.30. The normalized spacial score (nSPS) is 19.6. The number of nitrogens with zero attached hydrogens (tertiary/aromatic N) is 4. The highest BCUT2D eigenvalue weighted by Crippen LogP contribution is 2.12. The van der Waals surface area contributed by atoms with E-state index in [1.165, 1.54) is 25.2 Å². The molecule has 0 bridgehead atoms. The number of guanidine groups is 1. The van der Waals surface area contributed by atoms with Gasteiger partial charge >= 0.3 is 0 Å². The second kappa shape index (κ2) is 8.17. The predicted octanol–water partition coefficient (Wildman–Crippen LogP) is 1.01. The van der Waals surface area contributed by atoms with Gasteiger partial charge in [-0.1, -0.05) is 0 Å². The number of rotatable bonds is 6. The molecule has 1 saturated heterocycles. The molecule has 0 amide bonds. The van der Waals surface area contributed by atoms with Crippen molar-refractivity contribution in [2.24, 2.45) is 10.9 Å². The van der Waals surface area contributed by atoms with E-state index < -0.39 is 0 Å². The van der Waals surface area contributed by atoms with E-state index in [-0.39, 0.29) is 0 Å². The second-order valence-corrected chi connectivity index (χ2v) is 6.30. The van der Waals surface area contributed by atoms with E-state index in [2.05, 4.69) is 50.3 Å². The molecule has 1 aromatic rings. The Labute approximate surface area is 134 Å². The molecule has 1 aliphatic rings. The first-order valence-electron chi connectivity index (χ1n) is 8.22. The Hall–Kier alpha value is -1.56. The standard InChI is InChI=1S/C16H30N6/c1-13-10-14(2)22(20-13)8-5-7-18-16(17-3)19-11-15-6-9-21(4)12-15/h10,15H,5-9,11-12H2,1-4H3,(H2,17,18,19). The number of nitrogens with one attached hydrogen (secondary N) is 2. The Morgan fingerprint density at radius 3 is 2.82 bits per heavy atom. The van der Waals surface area contributed by atoms with Gasteiger partial charge in [0.15, 0.2) is 5.96 Å². The predicted molar refractivity (Wildman–Crippen MR) is 91.3 cm³/mol. The number of hydrogen-bond donors (Lipinski definition) is 2. The van der Waals surface area contributed by atoms with Crippen LogP contribution in [0.2, 0.25) is 0 Å². The van der Waals surface area contributed by atoms with Crippen LogP contribution in [0.15, 0.2) is 11.1 Å². The first kappa shape index (κ1) is 16.8. The lowest BCUT2D eigenvalue weighted by Crippen LogP contribution is -2.40. The summed E-state index contributed by atoms with van der Waals surface area (Å²) in [7, 11) is 4.02. The molecule has 1 atom stereocenters. The van der Waals surface area contributed by atoms with Crippen LogP contribution in [-0.2, 0) is 6.54 Å². The third-order valence-corrected chi connectivity index (χ3v) is 4.21. The summed E-state index contributed by atoms with van der Waals surface area (Å²) < 4.78 is 2.07. The molecule has 0 saturated carbocycles. The van der Waals surface area contributed by atoms with Crippen LogP contribution in [0.3, 0.4) is 0 Å². The molecule has 0 aromatic carbocycles. The highest BCUT2D eigenvalue weighted by Gasteiger charge is 2.19. The largest absolute Gasteiger partial charge is 0.356 e. The van der Waals surface area contributed by atoms with Gasteiger partial charge in [0.25, 0.3) is 0 Å². The molecule has 2 N–H and O–H groups in total. The lowest BCUT2D eigenvalue weighted by Gasteiger charge is -2.15. The fraction of sp³-hybridized carbons (Fsp3) is 0.750. The number of hydrogen-bond acceptors (Lipinski definition) is 3. The quantitative estimate of drug-likeness (QED) is 0.468. The minimum Gasteiger partial charge on any atom is -0.356 e. The third-order valence-electron chi connectivity index (χ3n) is 4.21. The van der Waals surface area contributed by atoms with E-state index in [0.29, 0.717) is 0 Å². The summed E-state index contributed by atoms with van der Waals surface area (Å²) in [6.07, 6.45) is 2.31. The SMILES string of the molecule is CN=C(NCCCn1nc(C)cc1C)NCC1CCN(C)C1. The summed E-state index contributed by atoms with van der Waals surface area (Å²) in [6.45, 7) is 9.38. The van der Waals surface area contributed by atoms with E-state index >= 15 is 0 Å². The Kier molecular flexibility index (Phi) is 6.24. The maximum Gasteiger partial charge on any atom is 0.190 e. The highest BCUT2D eigenvalue weighted by molar-refractivity contribution is 5.79. The number of aryl methyl sites for hydroxylation is 3. The molecular formula is C16H30N6. The highest BCUT2D eigenvalue weighted by atomic mass is 15.3. The maximum atomic E-state index is 4.48. The van der Waals surface area contributed by atoms with Crippen LogP contribution in [0, 0.1) is 19.8 Å². The van der Waals surface area contributed by atoms with Crippen LogP contribution in [0.5, 0.6) is 0 Å². The molecule has 22 heavy (non-hydrogen) atoms. The summed E-state index contributed by atoms with van der Waals surface area (Å²) in [5.41, 5.74) is 2.31. The number of aromatic nitrogens is 2. The van der Waals surface area contributed by atoms with Gasteiger partial charge in [-0.05, 0) is 52.3 Å². The summed E-state index contributed by atoms with van der Waals surface area (Å²) in [6, 6.07) is 2.12. The molecule has 1 aliphatic heterocycles. The Balaban J connectivity index is 1.63. The van der Waals surface area contributed by atoms with Crippen LogP contribution in [0.1, 0.15) is 24.2 Å². The first-order chi connectivity index (χ1) is 10.6. The molecule has 0 radical (unpaired) electrons. The van der Waals surface area contributed by atoms with Gasteiger partial charge in [0.05, 0.1) is 5.69 Å². The van der Waals surface area contributed by atoms with Crippen LogP contribution in [0.25, 0.3) is 0 Å². The molecule has 1 aromatic heterocycles. The minimum atomic E-state index is 0.734. The van der Waals surface area contributed by atoms with E-state index in [1.54, 1.807) is 0 Å². The molecule has 0 aliphatic carbocycles. The van der Waals surface area contributed by atoms with Crippen molar-refractivity contribution in [3.8, 4) is 0 Å². The summed E-state index contributed by atoms with van der Waals surface area (Å²) in [5.74, 6) is 1.64. The van der Waals surface area contributed by atoms with Crippen molar-refractivity contribution < 1.29 is 0 Å². The molecule has 0 spiro atoms. The van der Waals surface area contributed by atoms with E-state index in [0.717, 1.165) is 43.6 Å². The van der Waals surface area contributed by atoms with Gasteiger partial charge in [-0.2, -0.15) is 5.10 Å². The zero-order valence-corrected chi connectivity index (χ0v) is 14.4. The first-order valence-corrected chi connectivity index (χ1v) is 8.22. The molecular weight excluding hydrogens is 276 g/mol. The number of likely N-dealkylation sites (tertiary alicyclic amines) is 1. The Bertz CT molecular complexity index is 493. The molecule has 2 heterocycles. The van der Waals surface area contributed by atoms with Crippen molar-refractivity contribution in [1.82, 2.24) is 25.3 Å². The van der Waals surface area contributed by atoms with Crippen molar-refractivity contribution >= 4 is 5.96 Å². The molecule has 6 heteroatoms. The lowest BCUT2D eigenvalue weighted by molar-refractivity contribution is 0.394. The molecule has 6 nitrogen and oxygen atoms in total. The van der Waals surface area contributed by atoms with Gasteiger partial charge in [0.2, 0.25) is 0 Å². The van der Waals surface area contributed by atoms with Crippen molar-refractivity contribution in [2.75, 3.05) is 40.3 Å². The van der Waals surface area contributed by atoms with Crippen LogP contribution < -0.4 is 10.6 Å². The maximum absolute atomic E-state index is 4.48. The Morgan fingerprint density at radius 2 is 2.23 bits per heavy atom. The topological polar surface area (TPSA) is 57.5 Å².